The fourth-order valence-corrected chi connectivity index (χ4v) is 3.27. The van der Waals surface area contributed by atoms with Crippen LogP contribution in [0.4, 0.5) is 0 Å². The number of aryl methyl sites for hydroxylation is 1. The number of ether oxygens (including phenoxy) is 3. The molecule has 1 atom stereocenters. The number of aliphatic hydroxyl groups excluding tert-OH is 1. The first kappa shape index (κ1) is 24.6. The Morgan fingerprint density at radius 3 is 2.18 bits per heavy atom. The number of hydrogen-bond donors (Lipinski definition) is 2. The molecule has 5 heteroatoms. The zero-order valence-corrected chi connectivity index (χ0v) is 19.6. The van der Waals surface area contributed by atoms with Gasteiger partial charge in [0, 0.05) is 18.7 Å². The second-order valence-corrected chi connectivity index (χ2v) is 8.35. The maximum absolute atomic E-state index is 10.1. The Hall–Kier alpha value is -3.02. The van der Waals surface area contributed by atoms with E-state index in [0.717, 1.165) is 18.4 Å². The lowest BCUT2D eigenvalue weighted by atomic mass is 10.1. The SMILES string of the molecule is CC(C)NCC(O)COc1ccc(OCc2ccccc2)c(OCCCc2ccccc2)c1. The van der Waals surface area contributed by atoms with Crippen LogP contribution in [0.15, 0.2) is 78.9 Å². The van der Waals surface area contributed by atoms with Gasteiger partial charge in [0.1, 0.15) is 25.1 Å². The highest BCUT2D eigenvalue weighted by Crippen LogP contribution is 2.32. The van der Waals surface area contributed by atoms with Gasteiger partial charge in [-0.25, -0.2) is 0 Å². The van der Waals surface area contributed by atoms with Crippen molar-refractivity contribution in [3.8, 4) is 17.2 Å². The van der Waals surface area contributed by atoms with Crippen molar-refractivity contribution in [3.63, 3.8) is 0 Å². The lowest BCUT2D eigenvalue weighted by Crippen LogP contribution is -2.35. The van der Waals surface area contributed by atoms with Crippen LogP contribution < -0.4 is 19.5 Å². The van der Waals surface area contributed by atoms with Crippen LogP contribution in [-0.2, 0) is 13.0 Å². The van der Waals surface area contributed by atoms with E-state index in [2.05, 4.69) is 29.6 Å². The quantitative estimate of drug-likeness (QED) is 0.339. The topological polar surface area (TPSA) is 60.0 Å². The van der Waals surface area contributed by atoms with Crippen LogP contribution >= 0.6 is 0 Å². The second-order valence-electron chi connectivity index (χ2n) is 8.35. The third-order valence-corrected chi connectivity index (χ3v) is 5.07. The van der Waals surface area contributed by atoms with E-state index in [1.807, 2.05) is 68.4 Å². The van der Waals surface area contributed by atoms with Gasteiger partial charge in [0.15, 0.2) is 11.5 Å². The zero-order valence-electron chi connectivity index (χ0n) is 19.6. The molecule has 0 spiro atoms. The molecule has 0 heterocycles. The Morgan fingerprint density at radius 1 is 0.788 bits per heavy atom. The molecule has 0 saturated heterocycles. The Kier molecular flexibility index (Phi) is 10.1. The van der Waals surface area contributed by atoms with Crippen LogP contribution in [0.25, 0.3) is 0 Å². The fraction of sp³-hybridized carbons (Fsp3) is 0.357. The van der Waals surface area contributed by atoms with E-state index < -0.39 is 6.10 Å². The molecule has 2 N–H and O–H groups in total. The number of rotatable bonds is 14. The average molecular weight is 450 g/mol. The van der Waals surface area contributed by atoms with Crippen LogP contribution in [0.2, 0.25) is 0 Å². The molecule has 0 bridgehead atoms. The molecule has 1 unspecified atom stereocenters. The van der Waals surface area contributed by atoms with Gasteiger partial charge in [0.05, 0.1) is 6.61 Å². The maximum atomic E-state index is 10.1. The Morgan fingerprint density at radius 2 is 1.48 bits per heavy atom. The summed E-state index contributed by atoms with van der Waals surface area (Å²) in [5, 5.41) is 13.3. The summed E-state index contributed by atoms with van der Waals surface area (Å²) in [6.45, 7) is 5.81. The molecule has 33 heavy (non-hydrogen) atoms. The van der Waals surface area contributed by atoms with Crippen LogP contribution in [0.3, 0.4) is 0 Å². The molecule has 0 aliphatic carbocycles. The zero-order chi connectivity index (χ0) is 23.3. The van der Waals surface area contributed by atoms with Crippen LogP contribution in [-0.4, -0.2) is 37.0 Å². The largest absolute Gasteiger partial charge is 0.491 e. The molecule has 0 radical (unpaired) electrons. The Bertz CT molecular complexity index is 931. The molecule has 5 nitrogen and oxygen atoms in total. The summed E-state index contributed by atoms with van der Waals surface area (Å²) >= 11 is 0. The number of aliphatic hydroxyl groups is 1. The molecule has 3 aromatic carbocycles. The van der Waals surface area contributed by atoms with Gasteiger partial charge >= 0.3 is 0 Å². The van der Waals surface area contributed by atoms with E-state index in [1.54, 1.807) is 0 Å². The summed E-state index contributed by atoms with van der Waals surface area (Å²) in [5.74, 6) is 1.96. The summed E-state index contributed by atoms with van der Waals surface area (Å²) in [5.41, 5.74) is 2.39. The minimum atomic E-state index is -0.586. The van der Waals surface area contributed by atoms with Crippen molar-refractivity contribution in [1.82, 2.24) is 5.32 Å². The molecule has 0 aromatic heterocycles. The van der Waals surface area contributed by atoms with E-state index in [0.29, 0.717) is 43.0 Å². The fourth-order valence-electron chi connectivity index (χ4n) is 3.27. The van der Waals surface area contributed by atoms with Gasteiger partial charge in [0.2, 0.25) is 0 Å². The van der Waals surface area contributed by atoms with Crippen LogP contribution in [0.5, 0.6) is 17.2 Å². The van der Waals surface area contributed by atoms with Crippen molar-refractivity contribution >= 4 is 0 Å². The van der Waals surface area contributed by atoms with Crippen molar-refractivity contribution in [2.24, 2.45) is 0 Å². The van der Waals surface area contributed by atoms with Crippen molar-refractivity contribution < 1.29 is 19.3 Å². The molecule has 0 fully saturated rings. The minimum Gasteiger partial charge on any atom is -0.491 e. The van der Waals surface area contributed by atoms with Gasteiger partial charge in [-0.1, -0.05) is 74.5 Å². The van der Waals surface area contributed by atoms with Crippen molar-refractivity contribution in [2.75, 3.05) is 19.8 Å². The van der Waals surface area contributed by atoms with Crippen molar-refractivity contribution in [1.29, 1.82) is 0 Å². The van der Waals surface area contributed by atoms with E-state index in [4.69, 9.17) is 14.2 Å². The highest BCUT2D eigenvalue weighted by atomic mass is 16.5. The number of nitrogens with one attached hydrogen (secondary N) is 1. The number of benzene rings is 3. The van der Waals surface area contributed by atoms with E-state index in [9.17, 15) is 5.11 Å². The number of hydrogen-bond acceptors (Lipinski definition) is 5. The monoisotopic (exact) mass is 449 g/mol. The normalized spacial score (nSPS) is 11.9. The lowest BCUT2D eigenvalue weighted by molar-refractivity contribution is 0.104. The molecule has 3 aromatic rings. The third kappa shape index (κ3) is 9.16. The predicted molar refractivity (Wildman–Crippen MR) is 132 cm³/mol. The minimum absolute atomic E-state index is 0.206. The first-order valence-electron chi connectivity index (χ1n) is 11.6. The molecule has 0 amide bonds. The first-order valence-corrected chi connectivity index (χ1v) is 11.6. The highest BCUT2D eigenvalue weighted by Gasteiger charge is 2.11. The van der Waals surface area contributed by atoms with Gasteiger partial charge in [0.25, 0.3) is 0 Å². The van der Waals surface area contributed by atoms with E-state index in [1.165, 1.54) is 5.56 Å². The molecule has 0 saturated carbocycles. The molecular formula is C28H35NO4. The molecule has 0 aliphatic heterocycles. The van der Waals surface area contributed by atoms with Gasteiger partial charge < -0.3 is 24.6 Å². The van der Waals surface area contributed by atoms with Gasteiger partial charge in [-0.2, -0.15) is 0 Å². The molecule has 176 valence electrons. The van der Waals surface area contributed by atoms with Gasteiger partial charge in [-0.3, -0.25) is 0 Å². The Balaban J connectivity index is 1.59. The smallest absolute Gasteiger partial charge is 0.164 e. The Labute approximate surface area is 197 Å². The maximum Gasteiger partial charge on any atom is 0.164 e. The second kappa shape index (κ2) is 13.5. The van der Waals surface area contributed by atoms with Crippen molar-refractivity contribution in [2.45, 2.75) is 45.4 Å². The van der Waals surface area contributed by atoms with E-state index >= 15 is 0 Å². The van der Waals surface area contributed by atoms with Crippen molar-refractivity contribution in [3.05, 3.63) is 90.0 Å². The summed E-state index contributed by atoms with van der Waals surface area (Å²) in [6, 6.07) is 26.3. The lowest BCUT2D eigenvalue weighted by Gasteiger charge is -2.17. The van der Waals surface area contributed by atoms with E-state index in [-0.39, 0.29) is 6.61 Å². The van der Waals surface area contributed by atoms with Gasteiger partial charge in [-0.15, -0.1) is 0 Å². The highest BCUT2D eigenvalue weighted by molar-refractivity contribution is 5.45. The van der Waals surface area contributed by atoms with Gasteiger partial charge in [-0.05, 0) is 36.1 Å². The molecule has 0 aliphatic rings. The first-order chi connectivity index (χ1) is 16.1. The summed E-state index contributed by atoms with van der Waals surface area (Å²) in [6.07, 6.45) is 1.26. The standard InChI is InChI=1S/C28H35NO4/c1-22(2)29-19-25(30)21-32-26-15-16-27(33-20-24-12-7-4-8-13-24)28(18-26)31-17-9-14-23-10-5-3-6-11-23/h3-8,10-13,15-16,18,22,25,29-30H,9,14,17,19-21H2,1-2H3. The molecular weight excluding hydrogens is 414 g/mol. The summed E-state index contributed by atoms with van der Waals surface area (Å²) in [4.78, 5) is 0. The predicted octanol–water partition coefficient (Wildman–Crippen LogP) is 5.01. The summed E-state index contributed by atoms with van der Waals surface area (Å²) < 4.78 is 17.9. The summed E-state index contributed by atoms with van der Waals surface area (Å²) in [7, 11) is 0. The molecule has 3 rings (SSSR count). The van der Waals surface area contributed by atoms with Crippen LogP contribution in [0, 0.1) is 0 Å². The average Bonchev–Trinajstić information content (AvgIpc) is 2.84. The van der Waals surface area contributed by atoms with Crippen LogP contribution in [0.1, 0.15) is 31.4 Å². The third-order valence-electron chi connectivity index (χ3n) is 5.07.